The molecule has 1 aromatic heterocycles. The van der Waals surface area contributed by atoms with Crippen molar-refractivity contribution in [3.05, 3.63) is 24.5 Å². The Bertz CT molecular complexity index is 261. The highest BCUT2D eigenvalue weighted by atomic mass is 16.4. The number of pyridine rings is 1. The molecular weight excluding hydrogens is 156 g/mol. The van der Waals surface area contributed by atoms with Crippen molar-refractivity contribution in [2.24, 2.45) is 0 Å². The molecule has 0 spiro atoms. The Morgan fingerprint density at radius 1 is 1.75 bits per heavy atom. The topological polar surface area (TPSA) is 62.2 Å². The Kier molecular flexibility index (Phi) is 2.63. The average molecular weight is 166 g/mol. The predicted molar refractivity (Wildman–Crippen MR) is 45.0 cm³/mol. The number of aliphatic carboxylic acids is 1. The van der Waals surface area contributed by atoms with E-state index in [4.69, 9.17) is 5.11 Å². The first-order chi connectivity index (χ1) is 5.70. The molecule has 1 heterocycles. The van der Waals surface area contributed by atoms with Gasteiger partial charge in [0.05, 0.1) is 5.69 Å². The molecule has 0 fully saturated rings. The lowest BCUT2D eigenvalue weighted by atomic mass is 10.3. The highest BCUT2D eigenvalue weighted by molar-refractivity contribution is 5.76. The van der Waals surface area contributed by atoms with Crippen LogP contribution in [-0.4, -0.2) is 22.1 Å². The van der Waals surface area contributed by atoms with E-state index in [9.17, 15) is 4.79 Å². The summed E-state index contributed by atoms with van der Waals surface area (Å²) in [5.41, 5.74) is 0.715. The zero-order valence-electron chi connectivity index (χ0n) is 6.69. The smallest absolute Gasteiger partial charge is 0.325 e. The van der Waals surface area contributed by atoms with Crippen LogP contribution in [0.4, 0.5) is 5.69 Å². The summed E-state index contributed by atoms with van der Waals surface area (Å²) >= 11 is 0. The fraction of sp³-hybridized carbons (Fsp3) is 0.250. The Morgan fingerprint density at radius 2 is 2.50 bits per heavy atom. The van der Waals surface area contributed by atoms with Gasteiger partial charge in [-0.2, -0.15) is 0 Å². The second-order valence-corrected chi connectivity index (χ2v) is 2.45. The van der Waals surface area contributed by atoms with Gasteiger partial charge in [-0.05, 0) is 19.1 Å². The van der Waals surface area contributed by atoms with Gasteiger partial charge in [-0.1, -0.05) is 0 Å². The highest BCUT2D eigenvalue weighted by Crippen LogP contribution is 2.04. The highest BCUT2D eigenvalue weighted by Gasteiger charge is 2.08. The normalized spacial score (nSPS) is 12.1. The van der Waals surface area contributed by atoms with E-state index >= 15 is 0 Å². The van der Waals surface area contributed by atoms with E-state index in [1.807, 2.05) is 0 Å². The zero-order valence-corrected chi connectivity index (χ0v) is 6.69. The quantitative estimate of drug-likeness (QED) is 0.702. The molecule has 1 rings (SSSR count). The standard InChI is InChI=1S/C8H10N2O2/c1-6(8(11)12)10-7-3-2-4-9-5-7/h2-6,10H,1H3,(H,11,12)/t6-/m1/s1. The van der Waals surface area contributed by atoms with Crippen LogP contribution in [0.15, 0.2) is 24.5 Å². The summed E-state index contributed by atoms with van der Waals surface area (Å²) in [5.74, 6) is -0.876. The monoisotopic (exact) mass is 166 g/mol. The molecule has 12 heavy (non-hydrogen) atoms. The SMILES string of the molecule is C[C@@H](Nc1cccnc1)C(=O)O. The van der Waals surface area contributed by atoms with Crippen LogP contribution in [0.25, 0.3) is 0 Å². The van der Waals surface area contributed by atoms with Crippen LogP contribution in [0.2, 0.25) is 0 Å². The second-order valence-electron chi connectivity index (χ2n) is 2.45. The number of hydrogen-bond donors (Lipinski definition) is 2. The van der Waals surface area contributed by atoms with Gasteiger partial charge in [0.25, 0.3) is 0 Å². The van der Waals surface area contributed by atoms with Crippen LogP contribution in [0.5, 0.6) is 0 Å². The molecule has 0 amide bonds. The average Bonchev–Trinajstić information content (AvgIpc) is 2.06. The van der Waals surface area contributed by atoms with Crippen LogP contribution in [0.3, 0.4) is 0 Å². The Hall–Kier alpha value is -1.58. The van der Waals surface area contributed by atoms with E-state index in [-0.39, 0.29) is 0 Å². The van der Waals surface area contributed by atoms with Gasteiger partial charge in [0, 0.05) is 12.4 Å². The number of hydrogen-bond acceptors (Lipinski definition) is 3. The number of rotatable bonds is 3. The van der Waals surface area contributed by atoms with Gasteiger partial charge in [0.1, 0.15) is 6.04 Å². The summed E-state index contributed by atoms with van der Waals surface area (Å²) in [6.07, 6.45) is 3.22. The van der Waals surface area contributed by atoms with Crippen molar-refractivity contribution in [1.29, 1.82) is 0 Å². The van der Waals surface area contributed by atoms with Crippen LogP contribution < -0.4 is 5.32 Å². The van der Waals surface area contributed by atoms with Crippen molar-refractivity contribution in [3.8, 4) is 0 Å². The molecule has 0 aliphatic heterocycles. The lowest BCUT2D eigenvalue weighted by molar-refractivity contribution is -0.137. The first-order valence-corrected chi connectivity index (χ1v) is 3.59. The van der Waals surface area contributed by atoms with Crippen molar-refractivity contribution >= 4 is 11.7 Å². The number of carboxylic acids is 1. The number of nitrogens with zero attached hydrogens (tertiary/aromatic N) is 1. The summed E-state index contributed by atoms with van der Waals surface area (Å²) in [5, 5.41) is 11.3. The van der Waals surface area contributed by atoms with E-state index < -0.39 is 12.0 Å². The third kappa shape index (κ3) is 2.23. The van der Waals surface area contributed by atoms with Crippen LogP contribution in [-0.2, 0) is 4.79 Å². The van der Waals surface area contributed by atoms with E-state index in [0.29, 0.717) is 5.69 Å². The van der Waals surface area contributed by atoms with Gasteiger partial charge in [-0.25, -0.2) is 0 Å². The summed E-state index contributed by atoms with van der Waals surface area (Å²) in [4.78, 5) is 14.3. The van der Waals surface area contributed by atoms with Gasteiger partial charge in [0.2, 0.25) is 0 Å². The fourth-order valence-corrected chi connectivity index (χ4v) is 0.760. The van der Waals surface area contributed by atoms with E-state index in [1.54, 1.807) is 31.5 Å². The van der Waals surface area contributed by atoms with E-state index in [2.05, 4.69) is 10.3 Å². The summed E-state index contributed by atoms with van der Waals surface area (Å²) in [7, 11) is 0. The number of anilines is 1. The maximum atomic E-state index is 10.4. The van der Waals surface area contributed by atoms with Gasteiger partial charge < -0.3 is 10.4 Å². The lowest BCUT2D eigenvalue weighted by Crippen LogP contribution is -2.25. The van der Waals surface area contributed by atoms with Crippen molar-refractivity contribution in [3.63, 3.8) is 0 Å². The molecule has 0 radical (unpaired) electrons. The number of carbonyl (C=O) groups is 1. The molecule has 0 aliphatic carbocycles. The third-order valence-corrected chi connectivity index (χ3v) is 1.42. The molecule has 0 bridgehead atoms. The molecule has 4 heteroatoms. The molecule has 0 saturated carbocycles. The van der Waals surface area contributed by atoms with Crippen LogP contribution >= 0.6 is 0 Å². The van der Waals surface area contributed by atoms with Crippen molar-refractivity contribution in [2.75, 3.05) is 5.32 Å². The third-order valence-electron chi connectivity index (χ3n) is 1.42. The summed E-state index contributed by atoms with van der Waals surface area (Å²) < 4.78 is 0. The van der Waals surface area contributed by atoms with Gasteiger partial charge in [-0.15, -0.1) is 0 Å². The largest absolute Gasteiger partial charge is 0.480 e. The maximum absolute atomic E-state index is 10.4. The molecule has 2 N–H and O–H groups in total. The van der Waals surface area contributed by atoms with Crippen molar-refractivity contribution in [1.82, 2.24) is 4.98 Å². The maximum Gasteiger partial charge on any atom is 0.325 e. The molecule has 4 nitrogen and oxygen atoms in total. The Labute approximate surface area is 70.3 Å². The van der Waals surface area contributed by atoms with Gasteiger partial charge in [-0.3, -0.25) is 9.78 Å². The molecule has 1 atom stereocenters. The predicted octanol–water partition coefficient (Wildman–Crippen LogP) is 0.967. The second kappa shape index (κ2) is 3.71. The molecule has 0 saturated heterocycles. The van der Waals surface area contributed by atoms with Gasteiger partial charge in [0.15, 0.2) is 0 Å². The number of carboxylic acid groups (broad SMARTS) is 1. The first kappa shape index (κ1) is 8.52. The lowest BCUT2D eigenvalue weighted by Gasteiger charge is -2.08. The minimum atomic E-state index is -0.876. The number of aromatic nitrogens is 1. The first-order valence-electron chi connectivity index (χ1n) is 3.59. The molecule has 0 unspecified atom stereocenters. The van der Waals surface area contributed by atoms with Gasteiger partial charge >= 0.3 is 5.97 Å². The zero-order chi connectivity index (χ0) is 8.97. The van der Waals surface area contributed by atoms with Crippen molar-refractivity contribution in [2.45, 2.75) is 13.0 Å². The molecular formula is C8H10N2O2. The van der Waals surface area contributed by atoms with Crippen LogP contribution in [0.1, 0.15) is 6.92 Å². The minimum absolute atomic E-state index is 0.589. The van der Waals surface area contributed by atoms with Crippen LogP contribution in [0, 0.1) is 0 Å². The molecule has 1 aromatic rings. The number of nitrogens with one attached hydrogen (secondary N) is 1. The van der Waals surface area contributed by atoms with E-state index in [0.717, 1.165) is 0 Å². The van der Waals surface area contributed by atoms with Crippen molar-refractivity contribution < 1.29 is 9.90 Å². The Morgan fingerprint density at radius 3 is 3.00 bits per heavy atom. The minimum Gasteiger partial charge on any atom is -0.480 e. The fourth-order valence-electron chi connectivity index (χ4n) is 0.760. The van der Waals surface area contributed by atoms with E-state index in [1.165, 1.54) is 0 Å². The summed E-state index contributed by atoms with van der Waals surface area (Å²) in [6.45, 7) is 1.58. The summed E-state index contributed by atoms with van der Waals surface area (Å²) in [6, 6.07) is 2.93. The Balaban J connectivity index is 2.58. The molecule has 0 aliphatic rings. The molecule has 64 valence electrons. The molecule has 0 aromatic carbocycles.